The number of nitrogens with one attached hydrogen (secondary N) is 1. The van der Waals surface area contributed by atoms with Gasteiger partial charge in [0, 0.05) is 12.1 Å². The van der Waals surface area contributed by atoms with Crippen LogP contribution in [0.3, 0.4) is 0 Å². The average Bonchev–Trinajstić information content (AvgIpc) is 2.75. The monoisotopic (exact) mass is 389 g/mol. The lowest BCUT2D eigenvalue weighted by atomic mass is 9.85. The number of non-ortho nitro benzene ring substituents is 1. The van der Waals surface area contributed by atoms with E-state index in [4.69, 9.17) is 0 Å². The Balaban J connectivity index is 1.87. The molecule has 0 saturated heterocycles. The van der Waals surface area contributed by atoms with E-state index in [0.717, 1.165) is 0 Å². The second-order valence-electron chi connectivity index (χ2n) is 6.44. The van der Waals surface area contributed by atoms with Crippen molar-refractivity contribution >= 4 is 17.8 Å². The number of aryl methyl sites for hydroxylation is 1. The number of amides is 1. The van der Waals surface area contributed by atoms with Crippen LogP contribution < -0.4 is 5.43 Å². The van der Waals surface area contributed by atoms with Gasteiger partial charge in [0.05, 0.1) is 11.1 Å². The maximum atomic E-state index is 12.9. The van der Waals surface area contributed by atoms with E-state index in [1.807, 2.05) is 0 Å². The summed E-state index contributed by atoms with van der Waals surface area (Å²) in [5.74, 6) is -0.717. The highest BCUT2D eigenvalue weighted by molar-refractivity contribution is 5.91. The third-order valence-electron chi connectivity index (χ3n) is 4.55. The normalized spacial score (nSPS) is 11.4. The van der Waals surface area contributed by atoms with Gasteiger partial charge < -0.3 is 5.11 Å². The zero-order chi connectivity index (χ0) is 20.9. The molecule has 0 aliphatic heterocycles. The molecule has 0 unspecified atom stereocenters. The highest BCUT2D eigenvalue weighted by atomic mass is 16.6. The van der Waals surface area contributed by atoms with Crippen molar-refractivity contribution in [1.82, 2.24) is 5.43 Å². The van der Waals surface area contributed by atoms with Gasteiger partial charge in [-0.05, 0) is 35.2 Å². The number of nitro benzene ring substituents is 1. The van der Waals surface area contributed by atoms with E-state index in [0.29, 0.717) is 22.3 Å². The van der Waals surface area contributed by atoms with Crippen LogP contribution in [0.2, 0.25) is 0 Å². The number of nitrogens with zero attached hydrogens (tertiary/aromatic N) is 2. The summed E-state index contributed by atoms with van der Waals surface area (Å²) in [6.07, 6.45) is 1.38. The van der Waals surface area contributed by atoms with Crippen LogP contribution in [-0.2, 0) is 10.4 Å². The predicted octanol–water partition coefficient (Wildman–Crippen LogP) is 3.29. The van der Waals surface area contributed by atoms with Gasteiger partial charge in [0.2, 0.25) is 0 Å². The fourth-order valence-electron chi connectivity index (χ4n) is 2.95. The molecule has 0 radical (unpaired) electrons. The van der Waals surface area contributed by atoms with E-state index < -0.39 is 16.4 Å². The Morgan fingerprint density at radius 3 is 2.07 bits per heavy atom. The maximum Gasteiger partial charge on any atom is 0.281 e. The molecule has 146 valence electrons. The van der Waals surface area contributed by atoms with E-state index in [-0.39, 0.29) is 5.69 Å². The van der Waals surface area contributed by atoms with Gasteiger partial charge in [-0.2, -0.15) is 5.10 Å². The van der Waals surface area contributed by atoms with E-state index in [2.05, 4.69) is 10.5 Å². The van der Waals surface area contributed by atoms with Crippen LogP contribution in [0, 0.1) is 17.0 Å². The van der Waals surface area contributed by atoms with E-state index in [1.54, 1.807) is 73.7 Å². The number of hydrogen-bond acceptors (Lipinski definition) is 5. The summed E-state index contributed by atoms with van der Waals surface area (Å²) < 4.78 is 0. The van der Waals surface area contributed by atoms with Gasteiger partial charge in [-0.25, -0.2) is 5.43 Å². The molecule has 3 aromatic rings. The number of nitro groups is 1. The summed E-state index contributed by atoms with van der Waals surface area (Å²) in [5, 5.41) is 26.1. The van der Waals surface area contributed by atoms with Crippen molar-refractivity contribution in [3.05, 3.63) is 111 Å². The van der Waals surface area contributed by atoms with Crippen LogP contribution in [0.4, 0.5) is 5.69 Å². The zero-order valence-electron chi connectivity index (χ0n) is 15.6. The fourth-order valence-corrected chi connectivity index (χ4v) is 2.95. The highest BCUT2D eigenvalue weighted by Crippen LogP contribution is 2.29. The standard InChI is InChI=1S/C22H19N3O4/c1-16-14-20(25(28)29)13-12-17(16)15-23-24-21(26)22(27,18-8-4-2-5-9-18)19-10-6-3-7-11-19/h2-15,27H,1H3,(H,24,26)/b23-15-. The van der Waals surface area contributed by atoms with Gasteiger partial charge in [-0.15, -0.1) is 0 Å². The minimum absolute atomic E-state index is 0.0220. The smallest absolute Gasteiger partial charge is 0.281 e. The Kier molecular flexibility index (Phi) is 5.80. The summed E-state index contributed by atoms with van der Waals surface area (Å²) in [7, 11) is 0. The fraction of sp³-hybridized carbons (Fsp3) is 0.0909. The molecule has 3 rings (SSSR count). The molecule has 2 N–H and O–H groups in total. The molecule has 29 heavy (non-hydrogen) atoms. The minimum Gasteiger partial charge on any atom is -0.372 e. The third kappa shape index (κ3) is 4.20. The molecule has 0 heterocycles. The summed E-state index contributed by atoms with van der Waals surface area (Å²) in [4.78, 5) is 23.3. The summed E-state index contributed by atoms with van der Waals surface area (Å²) in [6.45, 7) is 1.71. The second kappa shape index (κ2) is 8.45. The molecule has 7 nitrogen and oxygen atoms in total. The first-order chi connectivity index (χ1) is 13.9. The molecule has 0 aromatic heterocycles. The lowest BCUT2D eigenvalue weighted by Gasteiger charge is -2.27. The summed E-state index contributed by atoms with van der Waals surface area (Å²) in [5.41, 5.74) is 2.49. The van der Waals surface area contributed by atoms with Crippen molar-refractivity contribution < 1.29 is 14.8 Å². The number of hydrazone groups is 1. The number of carbonyl (C=O) groups is 1. The first-order valence-electron chi connectivity index (χ1n) is 8.85. The minimum atomic E-state index is -1.93. The predicted molar refractivity (Wildman–Crippen MR) is 109 cm³/mol. The molecule has 0 fully saturated rings. The number of hydrogen-bond donors (Lipinski definition) is 2. The van der Waals surface area contributed by atoms with E-state index >= 15 is 0 Å². The average molecular weight is 389 g/mol. The Morgan fingerprint density at radius 1 is 1.03 bits per heavy atom. The van der Waals surface area contributed by atoms with Crippen molar-refractivity contribution in [3.63, 3.8) is 0 Å². The lowest BCUT2D eigenvalue weighted by molar-refractivity contribution is -0.384. The van der Waals surface area contributed by atoms with Crippen molar-refractivity contribution in [1.29, 1.82) is 0 Å². The number of aliphatic hydroxyl groups is 1. The second-order valence-corrected chi connectivity index (χ2v) is 6.44. The summed E-state index contributed by atoms with van der Waals surface area (Å²) in [6, 6.07) is 21.5. The largest absolute Gasteiger partial charge is 0.372 e. The van der Waals surface area contributed by atoms with Gasteiger partial charge in [-0.3, -0.25) is 14.9 Å². The lowest BCUT2D eigenvalue weighted by Crippen LogP contribution is -2.43. The van der Waals surface area contributed by atoms with Crippen molar-refractivity contribution in [2.75, 3.05) is 0 Å². The molecule has 7 heteroatoms. The molecule has 0 saturated carbocycles. The molecular formula is C22H19N3O4. The molecule has 0 atom stereocenters. The third-order valence-corrected chi connectivity index (χ3v) is 4.55. The Labute approximate surface area is 167 Å². The number of benzene rings is 3. The molecule has 3 aromatic carbocycles. The van der Waals surface area contributed by atoms with Gasteiger partial charge >= 0.3 is 0 Å². The van der Waals surface area contributed by atoms with Crippen molar-refractivity contribution in [2.45, 2.75) is 12.5 Å². The van der Waals surface area contributed by atoms with Crippen LogP contribution in [0.25, 0.3) is 0 Å². The molecule has 0 aliphatic carbocycles. The highest BCUT2D eigenvalue weighted by Gasteiger charge is 2.39. The van der Waals surface area contributed by atoms with Crippen LogP contribution in [0.1, 0.15) is 22.3 Å². The van der Waals surface area contributed by atoms with Crippen LogP contribution in [0.15, 0.2) is 84.0 Å². The molecule has 1 amide bonds. The molecule has 0 bridgehead atoms. The first-order valence-corrected chi connectivity index (χ1v) is 8.85. The molecule has 0 spiro atoms. The Bertz CT molecular complexity index is 1010. The Hall–Kier alpha value is -3.84. The van der Waals surface area contributed by atoms with Gasteiger partial charge in [0.15, 0.2) is 5.60 Å². The van der Waals surface area contributed by atoms with Gasteiger partial charge in [0.25, 0.3) is 11.6 Å². The van der Waals surface area contributed by atoms with Crippen LogP contribution in [-0.4, -0.2) is 22.2 Å². The van der Waals surface area contributed by atoms with Crippen molar-refractivity contribution in [2.24, 2.45) is 5.10 Å². The van der Waals surface area contributed by atoms with E-state index in [1.165, 1.54) is 18.3 Å². The zero-order valence-corrected chi connectivity index (χ0v) is 15.6. The molecular weight excluding hydrogens is 370 g/mol. The number of carbonyl (C=O) groups excluding carboxylic acids is 1. The first kappa shape index (κ1) is 19.9. The van der Waals surface area contributed by atoms with Crippen LogP contribution in [0.5, 0.6) is 0 Å². The van der Waals surface area contributed by atoms with Crippen molar-refractivity contribution in [3.8, 4) is 0 Å². The number of rotatable bonds is 6. The van der Waals surface area contributed by atoms with Gasteiger partial charge in [-0.1, -0.05) is 60.7 Å². The topological polar surface area (TPSA) is 105 Å². The van der Waals surface area contributed by atoms with Gasteiger partial charge in [0.1, 0.15) is 0 Å². The SMILES string of the molecule is Cc1cc([N+](=O)[O-])ccc1/C=N\NC(=O)C(O)(c1ccccc1)c1ccccc1. The quantitative estimate of drug-likeness (QED) is 0.383. The maximum absolute atomic E-state index is 12.9. The Morgan fingerprint density at radius 2 is 1.59 bits per heavy atom. The van der Waals surface area contributed by atoms with Crippen LogP contribution >= 0.6 is 0 Å². The van der Waals surface area contributed by atoms with E-state index in [9.17, 15) is 20.0 Å². The molecule has 0 aliphatic rings. The summed E-state index contributed by atoms with van der Waals surface area (Å²) >= 11 is 0.